The van der Waals surface area contributed by atoms with Gasteiger partial charge in [0.25, 0.3) is 0 Å². The topological polar surface area (TPSA) is 42.1 Å². The molecule has 0 aliphatic carbocycles. The van der Waals surface area contributed by atoms with Crippen molar-refractivity contribution in [3.05, 3.63) is 5.69 Å². The van der Waals surface area contributed by atoms with Crippen LogP contribution in [0.5, 0.6) is 0 Å². The van der Waals surface area contributed by atoms with Gasteiger partial charge in [-0.3, -0.25) is 0 Å². The number of aromatic nitrogens is 1. The highest BCUT2D eigenvalue weighted by Crippen LogP contribution is 2.30. The number of thiazole rings is 1. The van der Waals surface area contributed by atoms with Crippen LogP contribution < -0.4 is 5.73 Å². The predicted molar refractivity (Wildman–Crippen MR) is 72.3 cm³/mol. The van der Waals surface area contributed by atoms with Gasteiger partial charge in [-0.25, -0.2) is 4.98 Å². The number of hydrogen-bond donors (Lipinski definition) is 1. The molecule has 1 aromatic rings. The fourth-order valence-electron chi connectivity index (χ4n) is 1.99. The molecule has 2 rings (SSSR count). The van der Waals surface area contributed by atoms with Crippen LogP contribution >= 0.6 is 23.1 Å². The SMILES string of the molecule is Cc1nc(N)sc1SCCN1CCCCC1. The Bertz CT molecular complexity index is 332. The molecule has 0 bridgehead atoms. The quantitative estimate of drug-likeness (QED) is 0.842. The van der Waals surface area contributed by atoms with Crippen molar-refractivity contribution in [2.45, 2.75) is 30.4 Å². The minimum atomic E-state index is 0.693. The maximum absolute atomic E-state index is 5.68. The summed E-state index contributed by atoms with van der Waals surface area (Å²) in [6.45, 7) is 5.80. The van der Waals surface area contributed by atoms with Crippen molar-refractivity contribution in [1.82, 2.24) is 9.88 Å². The van der Waals surface area contributed by atoms with Crippen LogP contribution in [0, 0.1) is 6.92 Å². The molecule has 90 valence electrons. The lowest BCUT2D eigenvalue weighted by Gasteiger charge is -2.25. The van der Waals surface area contributed by atoms with E-state index in [-0.39, 0.29) is 0 Å². The Hall–Kier alpha value is -0.260. The number of thioether (sulfide) groups is 1. The zero-order valence-electron chi connectivity index (χ0n) is 9.74. The van der Waals surface area contributed by atoms with E-state index in [0.29, 0.717) is 5.13 Å². The first-order valence-corrected chi connectivity index (χ1v) is 7.64. The summed E-state index contributed by atoms with van der Waals surface area (Å²) in [5, 5.41) is 0.693. The zero-order valence-corrected chi connectivity index (χ0v) is 11.4. The summed E-state index contributed by atoms with van der Waals surface area (Å²) in [6.07, 6.45) is 4.16. The van der Waals surface area contributed by atoms with E-state index in [1.807, 2.05) is 18.7 Å². The Balaban J connectivity index is 1.73. The van der Waals surface area contributed by atoms with Gasteiger partial charge in [-0.2, -0.15) is 0 Å². The number of nitrogens with zero attached hydrogens (tertiary/aromatic N) is 2. The summed E-state index contributed by atoms with van der Waals surface area (Å²) in [7, 11) is 0. The molecule has 2 heterocycles. The van der Waals surface area contributed by atoms with Crippen LogP contribution in [-0.2, 0) is 0 Å². The van der Waals surface area contributed by atoms with E-state index in [4.69, 9.17) is 5.73 Å². The standard InChI is InChI=1S/C11H19N3S2/c1-9-10(16-11(12)13-9)15-8-7-14-5-3-2-4-6-14/h2-8H2,1H3,(H2,12,13). The third kappa shape index (κ3) is 3.37. The third-order valence-corrected chi connectivity index (χ3v) is 5.19. The lowest BCUT2D eigenvalue weighted by Crippen LogP contribution is -2.31. The summed E-state index contributed by atoms with van der Waals surface area (Å²) in [4.78, 5) is 6.80. The number of nitrogen functional groups attached to an aromatic ring is 1. The second kappa shape index (κ2) is 5.89. The summed E-state index contributed by atoms with van der Waals surface area (Å²) in [5.74, 6) is 1.16. The molecule has 0 unspecified atom stereocenters. The Labute approximate surface area is 105 Å². The van der Waals surface area contributed by atoms with Crippen LogP contribution in [0.3, 0.4) is 0 Å². The third-order valence-electron chi connectivity index (χ3n) is 2.86. The van der Waals surface area contributed by atoms with Gasteiger partial charge in [0, 0.05) is 12.3 Å². The first-order chi connectivity index (χ1) is 7.75. The number of likely N-dealkylation sites (tertiary alicyclic amines) is 1. The highest BCUT2D eigenvalue weighted by atomic mass is 32.2. The molecule has 1 saturated heterocycles. The van der Waals surface area contributed by atoms with Crippen LogP contribution in [0.15, 0.2) is 4.21 Å². The molecule has 1 fully saturated rings. The van der Waals surface area contributed by atoms with E-state index in [1.54, 1.807) is 11.3 Å². The number of aryl methyl sites for hydroxylation is 1. The molecule has 0 radical (unpaired) electrons. The second-order valence-corrected chi connectivity index (χ2v) is 6.57. The minimum absolute atomic E-state index is 0.693. The predicted octanol–water partition coefficient (Wildman–Crippen LogP) is 2.61. The van der Waals surface area contributed by atoms with Gasteiger partial charge in [-0.05, 0) is 32.9 Å². The molecule has 1 aliphatic rings. The van der Waals surface area contributed by atoms with Crippen LogP contribution in [0.4, 0.5) is 5.13 Å². The fourth-order valence-corrected chi connectivity index (χ4v) is 4.08. The first-order valence-electron chi connectivity index (χ1n) is 5.84. The maximum atomic E-state index is 5.68. The molecule has 0 amide bonds. The fraction of sp³-hybridized carbons (Fsp3) is 0.727. The molecule has 2 N–H and O–H groups in total. The van der Waals surface area contributed by atoms with Crippen molar-refractivity contribution >= 4 is 28.2 Å². The lowest BCUT2D eigenvalue weighted by molar-refractivity contribution is 0.242. The van der Waals surface area contributed by atoms with Gasteiger partial charge in [0.15, 0.2) is 5.13 Å². The number of piperidine rings is 1. The second-order valence-electron chi connectivity index (χ2n) is 4.18. The van der Waals surface area contributed by atoms with Crippen LogP contribution in [0.2, 0.25) is 0 Å². The molecule has 0 spiro atoms. The molecule has 16 heavy (non-hydrogen) atoms. The molecule has 1 aromatic heterocycles. The average Bonchev–Trinajstić information content (AvgIpc) is 2.59. The average molecular weight is 257 g/mol. The van der Waals surface area contributed by atoms with Crippen LogP contribution in [-0.4, -0.2) is 35.3 Å². The Kier molecular flexibility index (Phi) is 4.49. The van der Waals surface area contributed by atoms with Crippen molar-refractivity contribution in [3.8, 4) is 0 Å². The number of rotatable bonds is 4. The van der Waals surface area contributed by atoms with Crippen molar-refractivity contribution in [1.29, 1.82) is 0 Å². The number of hydrogen-bond acceptors (Lipinski definition) is 5. The molecular formula is C11H19N3S2. The highest BCUT2D eigenvalue weighted by molar-refractivity contribution is 8.01. The van der Waals surface area contributed by atoms with Crippen LogP contribution in [0.25, 0.3) is 0 Å². The van der Waals surface area contributed by atoms with Gasteiger partial charge in [0.2, 0.25) is 0 Å². The van der Waals surface area contributed by atoms with Crippen molar-refractivity contribution in [2.75, 3.05) is 31.1 Å². The van der Waals surface area contributed by atoms with E-state index in [0.717, 1.165) is 11.4 Å². The lowest BCUT2D eigenvalue weighted by atomic mass is 10.1. The molecule has 0 aromatic carbocycles. The first kappa shape index (κ1) is 12.2. The molecule has 0 saturated carbocycles. The summed E-state index contributed by atoms with van der Waals surface area (Å²) in [5.41, 5.74) is 6.77. The molecule has 1 aliphatic heterocycles. The monoisotopic (exact) mass is 257 g/mol. The van der Waals surface area contributed by atoms with Gasteiger partial charge < -0.3 is 10.6 Å². The van der Waals surface area contributed by atoms with Crippen molar-refractivity contribution in [2.24, 2.45) is 0 Å². The highest BCUT2D eigenvalue weighted by Gasteiger charge is 2.11. The summed E-state index contributed by atoms with van der Waals surface area (Å²) in [6, 6.07) is 0. The van der Waals surface area contributed by atoms with E-state index in [2.05, 4.69) is 9.88 Å². The Morgan fingerprint density at radius 2 is 2.12 bits per heavy atom. The molecule has 0 atom stereocenters. The van der Waals surface area contributed by atoms with Gasteiger partial charge in [0.05, 0.1) is 9.90 Å². The smallest absolute Gasteiger partial charge is 0.181 e. The van der Waals surface area contributed by atoms with Gasteiger partial charge in [-0.15, -0.1) is 11.8 Å². The maximum Gasteiger partial charge on any atom is 0.181 e. The number of anilines is 1. The summed E-state index contributed by atoms with van der Waals surface area (Å²) < 4.78 is 1.29. The van der Waals surface area contributed by atoms with E-state index < -0.39 is 0 Å². The Morgan fingerprint density at radius 3 is 2.75 bits per heavy atom. The van der Waals surface area contributed by atoms with Crippen LogP contribution in [0.1, 0.15) is 25.0 Å². The van der Waals surface area contributed by atoms with Gasteiger partial charge in [-0.1, -0.05) is 17.8 Å². The van der Waals surface area contributed by atoms with Gasteiger partial charge >= 0.3 is 0 Å². The molecule has 5 heteroatoms. The number of nitrogens with two attached hydrogens (primary N) is 1. The Morgan fingerprint density at radius 1 is 1.38 bits per heavy atom. The largest absolute Gasteiger partial charge is 0.375 e. The minimum Gasteiger partial charge on any atom is -0.375 e. The van der Waals surface area contributed by atoms with E-state index in [9.17, 15) is 0 Å². The van der Waals surface area contributed by atoms with Crippen molar-refractivity contribution < 1.29 is 0 Å². The molecular weight excluding hydrogens is 238 g/mol. The summed E-state index contributed by atoms with van der Waals surface area (Å²) >= 11 is 3.51. The normalized spacial score (nSPS) is 17.8. The van der Waals surface area contributed by atoms with E-state index in [1.165, 1.54) is 43.1 Å². The van der Waals surface area contributed by atoms with E-state index >= 15 is 0 Å². The zero-order chi connectivity index (χ0) is 11.4. The van der Waals surface area contributed by atoms with Crippen molar-refractivity contribution in [3.63, 3.8) is 0 Å². The molecule has 3 nitrogen and oxygen atoms in total. The van der Waals surface area contributed by atoms with Gasteiger partial charge in [0.1, 0.15) is 0 Å².